The summed E-state index contributed by atoms with van der Waals surface area (Å²) in [5.74, 6) is 6.50. The van der Waals surface area contributed by atoms with Crippen molar-refractivity contribution in [2.24, 2.45) is 11.8 Å². The first kappa shape index (κ1) is 29.6. The van der Waals surface area contributed by atoms with Crippen molar-refractivity contribution >= 4 is 21.1 Å². The average molecular weight is 631 g/mol. The molecule has 0 bridgehead atoms. The Labute approximate surface area is 228 Å². The molecule has 0 spiro atoms. The molecule has 0 nitrogen and oxygen atoms in total. The Balaban J connectivity index is 0.00000204. The fourth-order valence-electron chi connectivity index (χ4n) is 5.65. The van der Waals surface area contributed by atoms with Crippen LogP contribution < -0.4 is 24.8 Å². The van der Waals surface area contributed by atoms with E-state index in [0.29, 0.717) is 11.8 Å². The third-order valence-electron chi connectivity index (χ3n) is 7.06. The van der Waals surface area contributed by atoms with Crippen molar-refractivity contribution in [3.63, 3.8) is 0 Å². The van der Waals surface area contributed by atoms with E-state index in [0.717, 1.165) is 0 Å². The molecule has 0 saturated carbocycles. The molecule has 0 saturated heterocycles. The molecule has 4 heteroatoms. The third kappa shape index (κ3) is 5.69. The van der Waals surface area contributed by atoms with Crippen LogP contribution in [0.5, 0.6) is 0 Å². The first-order valence-electron chi connectivity index (χ1n) is 11.9. The van der Waals surface area contributed by atoms with Crippen molar-refractivity contribution in [2.75, 3.05) is 0 Å². The summed E-state index contributed by atoms with van der Waals surface area (Å²) in [5, 5.41) is 0. The van der Waals surface area contributed by atoms with Gasteiger partial charge in [0.1, 0.15) is 0 Å². The van der Waals surface area contributed by atoms with Crippen LogP contribution in [0.1, 0.15) is 49.9 Å². The van der Waals surface area contributed by atoms with Gasteiger partial charge in [0.15, 0.2) is 0 Å². The van der Waals surface area contributed by atoms with Crippen molar-refractivity contribution in [2.45, 2.75) is 53.1 Å². The SMILES string of the molecule is CC1=[C]([Zr+2]([C]2=C(C)C(c3cccc(C)c3)=CC2C)=[Ge]([CH3])[CH3])C(C)C=C1c1cccc(C)c1.[Cl-].[Cl-]. The summed E-state index contributed by atoms with van der Waals surface area (Å²) in [7, 11) is -1.10. The predicted molar refractivity (Wildman–Crippen MR) is 140 cm³/mol. The van der Waals surface area contributed by atoms with E-state index in [-0.39, 0.29) is 24.8 Å². The van der Waals surface area contributed by atoms with Gasteiger partial charge in [-0.2, -0.15) is 0 Å². The van der Waals surface area contributed by atoms with Crippen LogP contribution in [0.2, 0.25) is 11.5 Å². The Bertz CT molecular complexity index is 1160. The fraction of sp³-hybridized carbons (Fsp3) is 0.333. The van der Waals surface area contributed by atoms with Crippen molar-refractivity contribution < 1.29 is 43.4 Å². The molecule has 0 amide bonds. The molecule has 0 N–H and O–H groups in total. The normalized spacial score (nSPS) is 19.1. The van der Waals surface area contributed by atoms with Crippen LogP contribution in [-0.4, -0.2) is 9.98 Å². The number of allylic oxidation sites excluding steroid dienone is 8. The van der Waals surface area contributed by atoms with Gasteiger partial charge in [-0.3, -0.25) is 0 Å². The van der Waals surface area contributed by atoms with E-state index in [1.807, 2.05) is 6.56 Å². The Kier molecular flexibility index (Phi) is 10.5. The summed E-state index contributed by atoms with van der Waals surface area (Å²) in [6.45, 7) is 14.2. The van der Waals surface area contributed by atoms with Gasteiger partial charge >= 0.3 is 205 Å². The fourth-order valence-corrected chi connectivity index (χ4v) is 37.8. The summed E-state index contributed by atoms with van der Waals surface area (Å²) in [6.07, 6.45) is 5.15. The summed E-state index contributed by atoms with van der Waals surface area (Å²) >= 11 is -1.92. The minimum absolute atomic E-state index is 0. The number of benzene rings is 2. The second-order valence-electron chi connectivity index (χ2n) is 9.93. The molecule has 2 aromatic carbocycles. The molecule has 4 rings (SSSR count). The number of hydrogen-bond donors (Lipinski definition) is 0. The maximum Gasteiger partial charge on any atom is -1.00 e. The molecule has 178 valence electrons. The molecular weight excluding hydrogens is 595 g/mol. The molecule has 2 aromatic rings. The first-order valence-corrected chi connectivity index (χ1v) is 26.0. The molecule has 0 heterocycles. The van der Waals surface area contributed by atoms with Crippen LogP contribution >= 0.6 is 0 Å². The molecule has 2 unspecified atom stereocenters. The molecule has 0 aromatic heterocycles. The smallest absolute Gasteiger partial charge is 1.00 e. The van der Waals surface area contributed by atoms with Crippen LogP contribution in [0, 0.1) is 25.7 Å². The Morgan fingerprint density at radius 2 is 1.03 bits per heavy atom. The summed E-state index contributed by atoms with van der Waals surface area (Å²) in [5.41, 5.74) is 11.8. The van der Waals surface area contributed by atoms with Crippen LogP contribution in [0.25, 0.3) is 11.1 Å². The summed E-state index contributed by atoms with van der Waals surface area (Å²) in [6, 6.07) is 18.2. The van der Waals surface area contributed by atoms with Crippen LogP contribution in [0.15, 0.2) is 78.4 Å². The maximum atomic E-state index is 2.66. The van der Waals surface area contributed by atoms with Crippen LogP contribution in [0.3, 0.4) is 0 Å². The average Bonchev–Trinajstić information content (AvgIpc) is 3.19. The Morgan fingerprint density at radius 1 is 0.647 bits per heavy atom. The second kappa shape index (κ2) is 12.1. The quantitative estimate of drug-likeness (QED) is 0.456. The summed E-state index contributed by atoms with van der Waals surface area (Å²) in [4.78, 5) is 0. The third-order valence-corrected chi connectivity index (χ3v) is 35.3. The summed E-state index contributed by atoms with van der Waals surface area (Å²) < 4.78 is 3.79. The van der Waals surface area contributed by atoms with Crippen molar-refractivity contribution in [3.8, 4) is 0 Å². The van der Waals surface area contributed by atoms with Crippen LogP contribution in [0.4, 0.5) is 0 Å². The number of aryl methyl sites for hydroxylation is 2. The largest absolute Gasteiger partial charge is 1.00 e. The molecule has 0 aliphatic heterocycles. The topological polar surface area (TPSA) is 0 Å². The van der Waals surface area contributed by atoms with E-state index in [9.17, 15) is 0 Å². The standard InChI is InChI=1S/2C14H15.C2H6Ge.2ClH.Zr/c2*1-10-5-4-6-13(8-10)14-9-11(2)7-12(14)3;1-3-2;;;/h2*4-6,8-9,11H,1-3H3;1-2H3;2*1H;/q;;;;;+2/p-2. The van der Waals surface area contributed by atoms with E-state index in [1.165, 1.54) is 33.4 Å². The van der Waals surface area contributed by atoms with E-state index < -0.39 is 28.6 Å². The molecule has 34 heavy (non-hydrogen) atoms. The van der Waals surface area contributed by atoms with E-state index in [2.05, 4.69) is 114 Å². The molecule has 2 aliphatic carbocycles. The monoisotopic (exact) mass is 630 g/mol. The van der Waals surface area contributed by atoms with Crippen molar-refractivity contribution in [1.82, 2.24) is 0 Å². The Hall–Kier alpha value is -0.594. The molecule has 0 radical (unpaired) electrons. The van der Waals surface area contributed by atoms with E-state index in [1.54, 1.807) is 11.1 Å². The zero-order chi connectivity index (χ0) is 23.2. The van der Waals surface area contributed by atoms with Gasteiger partial charge in [-0.1, -0.05) is 0 Å². The minimum atomic E-state index is -1.92. The van der Waals surface area contributed by atoms with E-state index in [4.69, 9.17) is 0 Å². The minimum Gasteiger partial charge on any atom is -1.00 e. The number of halogens is 2. The zero-order valence-electron chi connectivity index (χ0n) is 21.7. The van der Waals surface area contributed by atoms with Crippen molar-refractivity contribution in [1.29, 1.82) is 0 Å². The Morgan fingerprint density at radius 3 is 1.35 bits per heavy atom. The predicted octanol–water partition coefficient (Wildman–Crippen LogP) is 2.50. The molecular formula is C30H36Cl2GeZr. The van der Waals surface area contributed by atoms with Gasteiger partial charge < -0.3 is 24.8 Å². The molecule has 0 fully saturated rings. The maximum absolute atomic E-state index is 2.66. The van der Waals surface area contributed by atoms with Gasteiger partial charge in [-0.05, 0) is 0 Å². The number of rotatable bonds is 4. The van der Waals surface area contributed by atoms with E-state index >= 15 is 0 Å². The molecule has 2 aliphatic rings. The van der Waals surface area contributed by atoms with Gasteiger partial charge in [-0.25, -0.2) is 0 Å². The zero-order valence-corrected chi connectivity index (χ0v) is 27.8. The second-order valence-corrected chi connectivity index (χ2v) is 37.6. The van der Waals surface area contributed by atoms with Crippen LogP contribution in [-0.2, 0) is 18.6 Å². The van der Waals surface area contributed by atoms with Gasteiger partial charge in [0.05, 0.1) is 0 Å². The van der Waals surface area contributed by atoms with Gasteiger partial charge in [0, 0.05) is 0 Å². The number of hydrogen-bond acceptors (Lipinski definition) is 0. The first-order chi connectivity index (χ1) is 15.2. The van der Waals surface area contributed by atoms with Crippen molar-refractivity contribution in [3.05, 3.63) is 101 Å². The molecule has 2 atom stereocenters. The van der Waals surface area contributed by atoms with Gasteiger partial charge in [-0.15, -0.1) is 0 Å². The van der Waals surface area contributed by atoms with Gasteiger partial charge in [0.25, 0.3) is 0 Å². The van der Waals surface area contributed by atoms with Gasteiger partial charge in [0.2, 0.25) is 0 Å².